The van der Waals surface area contributed by atoms with Crippen LogP contribution < -0.4 is 14.2 Å². The van der Waals surface area contributed by atoms with E-state index in [4.69, 9.17) is 9.47 Å². The molecule has 0 aromatic heterocycles. The van der Waals surface area contributed by atoms with Crippen molar-refractivity contribution in [2.75, 3.05) is 14.2 Å². The molecule has 2 aromatic rings. The molecule has 0 unspecified atom stereocenters. The largest absolute Gasteiger partial charge is 0.493 e. The molecule has 0 bridgehead atoms. The number of nitrogens with one attached hydrogen (secondary N) is 1. The number of hydrogen-bond acceptors (Lipinski definition) is 4. The number of ether oxygens (including phenoxy) is 2. The van der Waals surface area contributed by atoms with Crippen molar-refractivity contribution in [3.8, 4) is 11.5 Å². The molecule has 0 amide bonds. The smallest absolute Gasteiger partial charge is 0.241 e. The van der Waals surface area contributed by atoms with Crippen molar-refractivity contribution in [2.45, 2.75) is 50.0 Å². The van der Waals surface area contributed by atoms with Gasteiger partial charge in [-0.1, -0.05) is 25.1 Å². The molecule has 0 saturated heterocycles. The molecule has 5 nitrogen and oxygen atoms in total. The van der Waals surface area contributed by atoms with Crippen LogP contribution >= 0.6 is 0 Å². The van der Waals surface area contributed by atoms with Crippen LogP contribution in [0, 0.1) is 0 Å². The van der Waals surface area contributed by atoms with Crippen LogP contribution in [0.5, 0.6) is 11.5 Å². The second kappa shape index (κ2) is 8.31. The molecule has 0 aliphatic heterocycles. The first-order chi connectivity index (χ1) is 13.0. The molecule has 0 radical (unpaired) electrons. The average molecular weight is 390 g/mol. The minimum atomic E-state index is -3.68. The molecular weight excluding hydrogens is 362 g/mol. The lowest BCUT2D eigenvalue weighted by molar-refractivity contribution is 0.354. The zero-order valence-electron chi connectivity index (χ0n) is 16.1. The van der Waals surface area contributed by atoms with Gasteiger partial charge in [0, 0.05) is 12.1 Å². The summed E-state index contributed by atoms with van der Waals surface area (Å²) < 4.78 is 39.1. The third kappa shape index (κ3) is 4.28. The van der Waals surface area contributed by atoms with Crippen molar-refractivity contribution >= 4 is 10.0 Å². The van der Waals surface area contributed by atoms with Gasteiger partial charge in [-0.3, -0.25) is 0 Å². The van der Waals surface area contributed by atoms with E-state index in [2.05, 4.69) is 22.9 Å². The van der Waals surface area contributed by atoms with Crippen LogP contribution in [0.2, 0.25) is 0 Å². The Morgan fingerprint density at radius 3 is 2.33 bits per heavy atom. The maximum absolute atomic E-state index is 12.9. The maximum atomic E-state index is 12.9. The topological polar surface area (TPSA) is 64.6 Å². The highest BCUT2D eigenvalue weighted by atomic mass is 32.2. The third-order valence-electron chi connectivity index (χ3n) is 5.15. The molecule has 1 N–H and O–H groups in total. The van der Waals surface area contributed by atoms with Gasteiger partial charge in [-0.2, -0.15) is 0 Å². The molecule has 1 atom stereocenters. The molecular formula is C21H27NO4S. The van der Waals surface area contributed by atoms with Crippen molar-refractivity contribution in [3.63, 3.8) is 0 Å². The fourth-order valence-corrected chi connectivity index (χ4v) is 4.92. The van der Waals surface area contributed by atoms with Gasteiger partial charge in [0.25, 0.3) is 0 Å². The highest BCUT2D eigenvalue weighted by Gasteiger charge is 2.23. The van der Waals surface area contributed by atoms with Gasteiger partial charge in [-0.15, -0.1) is 0 Å². The number of fused-ring (bicyclic) bond motifs is 1. The van der Waals surface area contributed by atoms with Gasteiger partial charge in [0.1, 0.15) is 0 Å². The number of hydrogen-bond donors (Lipinski definition) is 1. The van der Waals surface area contributed by atoms with Gasteiger partial charge in [-0.05, 0) is 60.9 Å². The van der Waals surface area contributed by atoms with Crippen LogP contribution in [-0.4, -0.2) is 22.6 Å². The number of rotatable bonds is 7. The van der Waals surface area contributed by atoms with E-state index in [1.807, 2.05) is 6.92 Å². The SMILES string of the molecule is CC[C@H](NS(=O)(=O)c1ccc(OC)c(OC)c1)c1ccc2c(c1)CCCC2. The molecule has 6 heteroatoms. The van der Waals surface area contributed by atoms with Gasteiger partial charge >= 0.3 is 0 Å². The number of aryl methyl sites for hydroxylation is 2. The molecule has 3 rings (SSSR count). The van der Waals surface area contributed by atoms with Gasteiger partial charge in [0.15, 0.2) is 11.5 Å². The summed E-state index contributed by atoms with van der Waals surface area (Å²) in [4.78, 5) is 0.163. The lowest BCUT2D eigenvalue weighted by Gasteiger charge is -2.22. The summed E-state index contributed by atoms with van der Waals surface area (Å²) in [5.41, 5.74) is 3.76. The summed E-state index contributed by atoms with van der Waals surface area (Å²) in [6.45, 7) is 1.99. The van der Waals surface area contributed by atoms with Gasteiger partial charge in [-0.25, -0.2) is 13.1 Å². The van der Waals surface area contributed by atoms with E-state index in [0.717, 1.165) is 18.4 Å². The summed E-state index contributed by atoms with van der Waals surface area (Å²) >= 11 is 0. The summed E-state index contributed by atoms with van der Waals surface area (Å²) in [6, 6.07) is 10.7. The van der Waals surface area contributed by atoms with E-state index in [-0.39, 0.29) is 10.9 Å². The monoisotopic (exact) mass is 389 g/mol. The summed E-state index contributed by atoms with van der Waals surface area (Å²) in [5.74, 6) is 0.889. The fourth-order valence-electron chi connectivity index (χ4n) is 3.60. The van der Waals surface area contributed by atoms with Crippen molar-refractivity contribution in [2.24, 2.45) is 0 Å². The van der Waals surface area contributed by atoms with Crippen LogP contribution in [0.25, 0.3) is 0 Å². The quantitative estimate of drug-likeness (QED) is 0.777. The van der Waals surface area contributed by atoms with Crippen molar-refractivity contribution in [3.05, 3.63) is 53.1 Å². The Hall–Kier alpha value is -2.05. The average Bonchev–Trinajstić information content (AvgIpc) is 2.71. The Balaban J connectivity index is 1.87. The molecule has 1 aliphatic carbocycles. The number of sulfonamides is 1. The lowest BCUT2D eigenvalue weighted by atomic mass is 9.89. The zero-order chi connectivity index (χ0) is 19.4. The molecule has 2 aromatic carbocycles. The highest BCUT2D eigenvalue weighted by molar-refractivity contribution is 7.89. The maximum Gasteiger partial charge on any atom is 0.241 e. The van der Waals surface area contributed by atoms with Crippen LogP contribution in [0.4, 0.5) is 0 Å². The van der Waals surface area contributed by atoms with E-state index < -0.39 is 10.0 Å². The lowest BCUT2D eigenvalue weighted by Crippen LogP contribution is -2.28. The minimum absolute atomic E-state index is 0.163. The molecule has 0 saturated carbocycles. The standard InChI is InChI=1S/C21H27NO4S/c1-4-19(17-10-9-15-7-5-6-8-16(15)13-17)22-27(23,24)18-11-12-20(25-2)21(14-18)26-3/h9-14,19,22H,4-8H2,1-3H3/t19-/m0/s1. The predicted molar refractivity (Wildman–Crippen MR) is 106 cm³/mol. The predicted octanol–water partition coefficient (Wildman–Crippen LogP) is 4.01. The third-order valence-corrected chi connectivity index (χ3v) is 6.62. The molecule has 0 heterocycles. The second-order valence-corrected chi connectivity index (χ2v) is 8.55. The van der Waals surface area contributed by atoms with Crippen molar-refractivity contribution in [1.29, 1.82) is 0 Å². The fraction of sp³-hybridized carbons (Fsp3) is 0.429. The number of methoxy groups -OCH3 is 2. The van der Waals surface area contributed by atoms with E-state index in [9.17, 15) is 8.42 Å². The van der Waals surface area contributed by atoms with Crippen LogP contribution in [0.15, 0.2) is 41.3 Å². The second-order valence-electron chi connectivity index (χ2n) is 6.83. The first kappa shape index (κ1) is 19.7. The van der Waals surface area contributed by atoms with E-state index in [0.29, 0.717) is 17.9 Å². The Morgan fingerprint density at radius 1 is 0.963 bits per heavy atom. The summed E-state index contributed by atoms with van der Waals surface area (Å²) in [7, 11) is -0.673. The van der Waals surface area contributed by atoms with Crippen molar-refractivity contribution in [1.82, 2.24) is 4.72 Å². The first-order valence-corrected chi connectivity index (χ1v) is 10.8. The van der Waals surface area contributed by atoms with Gasteiger partial charge in [0.05, 0.1) is 19.1 Å². The number of benzene rings is 2. The molecule has 27 heavy (non-hydrogen) atoms. The minimum Gasteiger partial charge on any atom is -0.493 e. The van der Waals surface area contributed by atoms with Crippen LogP contribution in [0.1, 0.15) is 48.9 Å². The van der Waals surface area contributed by atoms with E-state index in [1.54, 1.807) is 6.07 Å². The van der Waals surface area contributed by atoms with Crippen molar-refractivity contribution < 1.29 is 17.9 Å². The molecule has 146 valence electrons. The Morgan fingerprint density at radius 2 is 1.67 bits per heavy atom. The van der Waals surface area contributed by atoms with E-state index in [1.165, 1.54) is 50.3 Å². The summed E-state index contributed by atoms with van der Waals surface area (Å²) in [6.07, 6.45) is 5.29. The van der Waals surface area contributed by atoms with Crippen LogP contribution in [-0.2, 0) is 22.9 Å². The van der Waals surface area contributed by atoms with E-state index >= 15 is 0 Å². The molecule has 0 spiro atoms. The Labute approximate surface area is 161 Å². The molecule has 0 fully saturated rings. The van der Waals surface area contributed by atoms with Gasteiger partial charge in [0.2, 0.25) is 10.0 Å². The molecule has 1 aliphatic rings. The van der Waals surface area contributed by atoms with Gasteiger partial charge < -0.3 is 9.47 Å². The Bertz CT molecular complexity index is 908. The highest BCUT2D eigenvalue weighted by Crippen LogP contribution is 2.31. The van der Waals surface area contributed by atoms with Crippen LogP contribution in [0.3, 0.4) is 0 Å². The Kier molecular flexibility index (Phi) is 6.07. The zero-order valence-corrected chi connectivity index (χ0v) is 16.9. The first-order valence-electron chi connectivity index (χ1n) is 9.34. The normalized spacial score (nSPS) is 15.1. The summed E-state index contributed by atoms with van der Waals surface area (Å²) in [5, 5.41) is 0.